The zero-order chi connectivity index (χ0) is 38.2. The highest BCUT2D eigenvalue weighted by atomic mass is 16.6. The Balaban J connectivity index is 0.936. The molecular weight excluding hydrogens is 708 g/mol. The van der Waals surface area contributed by atoms with E-state index in [1.54, 1.807) is 0 Å². The third-order valence-electron chi connectivity index (χ3n) is 9.79. The molecule has 0 saturated heterocycles. The summed E-state index contributed by atoms with van der Waals surface area (Å²) in [6.45, 7) is 5.34. The molecule has 1 saturated carbocycles. The maximum absolute atomic E-state index is 12.5. The number of allylic oxidation sites excluding steroid dienone is 2. The van der Waals surface area contributed by atoms with Crippen LogP contribution in [-0.4, -0.2) is 97.8 Å². The van der Waals surface area contributed by atoms with Crippen LogP contribution in [0.1, 0.15) is 69.8 Å². The van der Waals surface area contributed by atoms with Crippen LogP contribution in [0, 0.1) is 17.8 Å². The fourth-order valence-corrected chi connectivity index (χ4v) is 6.87. The van der Waals surface area contributed by atoms with E-state index in [0.29, 0.717) is 127 Å². The van der Waals surface area contributed by atoms with Crippen molar-refractivity contribution >= 4 is 11.9 Å². The van der Waals surface area contributed by atoms with E-state index in [0.717, 1.165) is 63.4 Å². The number of esters is 2. The Hall–Kier alpha value is -3.84. The first-order valence-corrected chi connectivity index (χ1v) is 20.2. The highest BCUT2D eigenvalue weighted by Crippen LogP contribution is 2.44. The standard InChI is InChI=1S/C43H60O12/c44-42(12-6-4-2-1-3-5-9-17-54-43(45)37-31-34-13-15-36(37)30-34)55-33-35-14-16-40-41(32-35)53-29-25-49-21-20-47-23-27-51-39-11-8-7-10-38(39)50-26-22-46-18-19-48-24-28-52-40/h7-8,10-11,13-16,32,34,36-37H,1-6,9,12,17-31,33H2. The van der Waals surface area contributed by atoms with Gasteiger partial charge < -0.3 is 47.4 Å². The molecule has 3 aliphatic rings. The number of fused-ring (bicyclic) bond motifs is 4. The van der Waals surface area contributed by atoms with Crippen molar-refractivity contribution in [1.29, 1.82) is 0 Å². The van der Waals surface area contributed by atoms with Gasteiger partial charge in [0.1, 0.15) is 33.0 Å². The SMILES string of the molecule is O=C(CCCCCCCCCOC(=O)C1CC2C=CC1C2)OCc1ccc2c(c1)OCCOCCOCCOc1ccccc1OCCOCCOCCO2. The summed E-state index contributed by atoms with van der Waals surface area (Å²) in [5, 5.41) is 0. The van der Waals surface area contributed by atoms with Gasteiger partial charge in [-0.15, -0.1) is 0 Å². The number of ether oxygens (including phenoxy) is 10. The number of para-hydroxylation sites is 2. The van der Waals surface area contributed by atoms with Crippen molar-refractivity contribution in [3.05, 3.63) is 60.2 Å². The van der Waals surface area contributed by atoms with Gasteiger partial charge in [-0.2, -0.15) is 0 Å². The van der Waals surface area contributed by atoms with Gasteiger partial charge in [-0.05, 0) is 67.3 Å². The summed E-state index contributed by atoms with van der Waals surface area (Å²) < 4.78 is 57.5. The molecule has 5 rings (SSSR count). The van der Waals surface area contributed by atoms with E-state index in [1.807, 2.05) is 42.5 Å². The molecule has 3 atom stereocenters. The van der Waals surface area contributed by atoms with E-state index in [4.69, 9.17) is 47.4 Å². The minimum absolute atomic E-state index is 0.0102. The molecule has 0 N–H and O–H groups in total. The number of carbonyl (C=O) groups is 2. The Kier molecular flexibility index (Phi) is 19.5. The molecule has 12 nitrogen and oxygen atoms in total. The molecule has 1 aliphatic heterocycles. The van der Waals surface area contributed by atoms with E-state index in [1.165, 1.54) is 0 Å². The Labute approximate surface area is 326 Å². The quantitative estimate of drug-likeness (QED) is 0.120. The first-order chi connectivity index (χ1) is 27.2. The predicted molar refractivity (Wildman–Crippen MR) is 205 cm³/mol. The van der Waals surface area contributed by atoms with Crippen LogP contribution in [0.5, 0.6) is 23.0 Å². The number of carbonyl (C=O) groups excluding carboxylic acids is 2. The van der Waals surface area contributed by atoms with Gasteiger partial charge in [0.25, 0.3) is 0 Å². The lowest BCUT2D eigenvalue weighted by molar-refractivity contribution is -0.149. The molecule has 0 spiro atoms. The molecule has 12 heteroatoms. The molecule has 304 valence electrons. The number of hydrogen-bond donors (Lipinski definition) is 0. The summed E-state index contributed by atoms with van der Waals surface area (Å²) >= 11 is 0. The lowest BCUT2D eigenvalue weighted by Crippen LogP contribution is -2.21. The third-order valence-corrected chi connectivity index (χ3v) is 9.79. The van der Waals surface area contributed by atoms with Crippen LogP contribution >= 0.6 is 0 Å². The zero-order valence-electron chi connectivity index (χ0n) is 32.3. The van der Waals surface area contributed by atoms with Gasteiger partial charge in [0.2, 0.25) is 0 Å². The molecule has 0 aromatic heterocycles. The van der Waals surface area contributed by atoms with Crippen LogP contribution in [0.4, 0.5) is 0 Å². The second-order valence-electron chi connectivity index (χ2n) is 14.0. The average molecular weight is 769 g/mol. The van der Waals surface area contributed by atoms with Gasteiger partial charge >= 0.3 is 11.9 Å². The Morgan fingerprint density at radius 3 is 1.64 bits per heavy atom. The summed E-state index contributed by atoms with van der Waals surface area (Å²) in [6, 6.07) is 13.0. The van der Waals surface area contributed by atoms with Crippen LogP contribution in [0.15, 0.2) is 54.6 Å². The van der Waals surface area contributed by atoms with E-state index in [9.17, 15) is 9.59 Å². The summed E-state index contributed by atoms with van der Waals surface area (Å²) in [5.41, 5.74) is 0.804. The number of benzene rings is 2. The predicted octanol–water partition coefficient (Wildman–Crippen LogP) is 6.90. The summed E-state index contributed by atoms with van der Waals surface area (Å²) in [4.78, 5) is 24.8. The lowest BCUT2D eigenvalue weighted by Gasteiger charge is -2.16. The Bertz CT molecular complexity index is 1430. The van der Waals surface area contributed by atoms with Crippen molar-refractivity contribution in [2.24, 2.45) is 17.8 Å². The van der Waals surface area contributed by atoms with E-state index in [-0.39, 0.29) is 24.5 Å². The second kappa shape index (κ2) is 25.3. The first-order valence-electron chi connectivity index (χ1n) is 20.2. The number of hydrogen-bond acceptors (Lipinski definition) is 12. The molecular formula is C43H60O12. The number of unbranched alkanes of at least 4 members (excludes halogenated alkanes) is 6. The second-order valence-corrected chi connectivity index (χ2v) is 14.0. The molecule has 3 unspecified atom stereocenters. The van der Waals surface area contributed by atoms with Crippen LogP contribution in [0.25, 0.3) is 0 Å². The van der Waals surface area contributed by atoms with Crippen molar-refractivity contribution in [3.63, 3.8) is 0 Å². The molecule has 2 aliphatic carbocycles. The Morgan fingerprint density at radius 1 is 0.545 bits per heavy atom. The smallest absolute Gasteiger partial charge is 0.309 e. The van der Waals surface area contributed by atoms with Crippen LogP contribution in [-0.2, 0) is 44.6 Å². The van der Waals surface area contributed by atoms with Crippen molar-refractivity contribution in [2.45, 2.75) is 70.8 Å². The first kappa shape index (κ1) is 42.3. The van der Waals surface area contributed by atoms with Gasteiger partial charge in [-0.1, -0.05) is 62.5 Å². The maximum atomic E-state index is 12.5. The van der Waals surface area contributed by atoms with Crippen molar-refractivity contribution in [3.8, 4) is 23.0 Å². The third kappa shape index (κ3) is 16.0. The summed E-state index contributed by atoms with van der Waals surface area (Å²) in [7, 11) is 0. The summed E-state index contributed by atoms with van der Waals surface area (Å²) in [5.74, 6) is 3.26. The summed E-state index contributed by atoms with van der Waals surface area (Å²) in [6.07, 6.45) is 13.9. The Morgan fingerprint density at radius 2 is 1.07 bits per heavy atom. The van der Waals surface area contributed by atoms with Crippen LogP contribution in [0.3, 0.4) is 0 Å². The van der Waals surface area contributed by atoms with Gasteiger partial charge in [0.05, 0.1) is 65.4 Å². The van der Waals surface area contributed by atoms with E-state index in [2.05, 4.69) is 12.2 Å². The van der Waals surface area contributed by atoms with Crippen LogP contribution in [0.2, 0.25) is 0 Å². The maximum Gasteiger partial charge on any atom is 0.309 e. The largest absolute Gasteiger partial charge is 0.487 e. The fraction of sp³-hybridized carbons (Fsp3) is 0.628. The minimum Gasteiger partial charge on any atom is -0.487 e. The monoisotopic (exact) mass is 768 g/mol. The molecule has 55 heavy (non-hydrogen) atoms. The molecule has 0 amide bonds. The molecule has 2 aromatic carbocycles. The molecule has 1 fully saturated rings. The number of rotatable bonds is 13. The van der Waals surface area contributed by atoms with Gasteiger partial charge in [-0.3, -0.25) is 9.59 Å². The fourth-order valence-electron chi connectivity index (χ4n) is 6.87. The van der Waals surface area contributed by atoms with Crippen LogP contribution < -0.4 is 18.9 Å². The molecule has 0 radical (unpaired) electrons. The lowest BCUT2D eigenvalue weighted by atomic mass is 9.94. The topological polar surface area (TPSA) is 126 Å². The zero-order valence-corrected chi connectivity index (χ0v) is 32.3. The van der Waals surface area contributed by atoms with Gasteiger partial charge in [0, 0.05) is 6.42 Å². The highest BCUT2D eigenvalue weighted by Gasteiger charge is 2.40. The van der Waals surface area contributed by atoms with Gasteiger partial charge in [-0.25, -0.2) is 0 Å². The van der Waals surface area contributed by atoms with Crippen molar-refractivity contribution in [1.82, 2.24) is 0 Å². The van der Waals surface area contributed by atoms with Crippen molar-refractivity contribution in [2.75, 3.05) is 85.9 Å². The minimum atomic E-state index is -0.214. The molecule has 1 heterocycles. The van der Waals surface area contributed by atoms with Crippen molar-refractivity contribution < 1.29 is 57.0 Å². The van der Waals surface area contributed by atoms with E-state index >= 15 is 0 Å². The average Bonchev–Trinajstić information content (AvgIpc) is 3.84. The van der Waals surface area contributed by atoms with Gasteiger partial charge in [0.15, 0.2) is 23.0 Å². The normalized spacial score (nSPS) is 21.3. The molecule has 2 aromatic rings. The van der Waals surface area contributed by atoms with E-state index < -0.39 is 0 Å². The highest BCUT2D eigenvalue weighted by molar-refractivity contribution is 5.74. The molecule has 2 bridgehead atoms.